The predicted molar refractivity (Wildman–Crippen MR) is 96.7 cm³/mol. The van der Waals surface area contributed by atoms with Gasteiger partial charge in [-0.1, -0.05) is 30.3 Å². The van der Waals surface area contributed by atoms with Crippen LogP contribution in [0.3, 0.4) is 0 Å². The maximum Gasteiger partial charge on any atom is 0.320 e. The Morgan fingerprint density at radius 2 is 1.88 bits per heavy atom. The molecule has 0 radical (unpaired) electrons. The average molecular weight is 347 g/mol. The van der Waals surface area contributed by atoms with Gasteiger partial charge < -0.3 is 14.4 Å². The van der Waals surface area contributed by atoms with E-state index in [1.54, 1.807) is 18.6 Å². The van der Waals surface area contributed by atoms with E-state index in [0.29, 0.717) is 22.3 Å². The van der Waals surface area contributed by atoms with Crippen LogP contribution in [0.25, 0.3) is 22.3 Å². The van der Waals surface area contributed by atoms with E-state index in [4.69, 9.17) is 4.74 Å². The Hall–Kier alpha value is -3.48. The van der Waals surface area contributed by atoms with E-state index in [9.17, 15) is 5.11 Å². The Labute approximate surface area is 150 Å². The molecule has 3 aromatic heterocycles. The van der Waals surface area contributed by atoms with Gasteiger partial charge in [-0.3, -0.25) is 4.98 Å². The van der Waals surface area contributed by atoms with Gasteiger partial charge >= 0.3 is 6.01 Å². The quantitative estimate of drug-likeness (QED) is 0.610. The molecule has 130 valence electrons. The highest BCUT2D eigenvalue weighted by molar-refractivity contribution is 5.93. The second-order valence-electron chi connectivity index (χ2n) is 5.98. The van der Waals surface area contributed by atoms with Gasteiger partial charge in [-0.2, -0.15) is 9.97 Å². The Balaban J connectivity index is 1.77. The minimum absolute atomic E-state index is 0.0940. The van der Waals surface area contributed by atoms with E-state index in [0.717, 1.165) is 5.56 Å². The van der Waals surface area contributed by atoms with Crippen LogP contribution in [-0.4, -0.2) is 29.6 Å². The molecule has 0 aliphatic rings. The van der Waals surface area contributed by atoms with Crippen LogP contribution < -0.4 is 4.74 Å². The van der Waals surface area contributed by atoms with Crippen LogP contribution in [0.5, 0.6) is 11.9 Å². The SMILES string of the molecule is C[C@H](Oc1nc(O)c2ccnc(-c3cn(C)cn3)c2n1)c1ccccc1. The fraction of sp³-hybridized carbons (Fsp3) is 0.158. The average Bonchev–Trinajstić information content (AvgIpc) is 3.08. The number of fused-ring (bicyclic) bond motifs is 1. The number of ether oxygens (including phenoxy) is 1. The number of aromatic hydroxyl groups is 1. The predicted octanol–water partition coefficient (Wildman–Crippen LogP) is 3.27. The minimum atomic E-state index is -0.261. The molecule has 0 saturated heterocycles. The van der Waals surface area contributed by atoms with Gasteiger partial charge in [-0.05, 0) is 18.6 Å². The minimum Gasteiger partial charge on any atom is -0.493 e. The fourth-order valence-corrected chi connectivity index (χ4v) is 2.74. The second-order valence-corrected chi connectivity index (χ2v) is 5.98. The number of imidazole rings is 1. The van der Waals surface area contributed by atoms with Crippen molar-refractivity contribution in [2.45, 2.75) is 13.0 Å². The number of pyridine rings is 1. The number of benzene rings is 1. The van der Waals surface area contributed by atoms with E-state index in [2.05, 4.69) is 19.9 Å². The molecule has 7 nitrogen and oxygen atoms in total. The van der Waals surface area contributed by atoms with Crippen LogP contribution in [0, 0.1) is 0 Å². The van der Waals surface area contributed by atoms with Crippen molar-refractivity contribution >= 4 is 10.9 Å². The van der Waals surface area contributed by atoms with E-state index in [1.165, 1.54) is 0 Å². The highest BCUT2D eigenvalue weighted by Gasteiger charge is 2.17. The summed E-state index contributed by atoms with van der Waals surface area (Å²) < 4.78 is 7.67. The molecule has 26 heavy (non-hydrogen) atoms. The van der Waals surface area contributed by atoms with E-state index < -0.39 is 0 Å². The summed E-state index contributed by atoms with van der Waals surface area (Å²) >= 11 is 0. The van der Waals surface area contributed by atoms with Gasteiger partial charge in [-0.25, -0.2) is 4.98 Å². The molecule has 1 N–H and O–H groups in total. The molecule has 4 rings (SSSR count). The zero-order valence-electron chi connectivity index (χ0n) is 14.4. The molecule has 0 amide bonds. The summed E-state index contributed by atoms with van der Waals surface area (Å²) in [7, 11) is 1.88. The van der Waals surface area contributed by atoms with Gasteiger partial charge in [0.05, 0.1) is 11.7 Å². The van der Waals surface area contributed by atoms with Crippen LogP contribution in [0.4, 0.5) is 0 Å². The van der Waals surface area contributed by atoms with Crippen LogP contribution >= 0.6 is 0 Å². The van der Waals surface area contributed by atoms with Crippen molar-refractivity contribution in [3.05, 3.63) is 60.7 Å². The summed E-state index contributed by atoms with van der Waals surface area (Å²) in [5.74, 6) is -0.148. The maximum absolute atomic E-state index is 10.3. The highest BCUT2D eigenvalue weighted by atomic mass is 16.5. The molecule has 1 atom stereocenters. The molecule has 0 bridgehead atoms. The number of aromatic nitrogens is 5. The third kappa shape index (κ3) is 2.95. The third-order valence-corrected chi connectivity index (χ3v) is 4.07. The first-order chi connectivity index (χ1) is 12.6. The Morgan fingerprint density at radius 3 is 2.62 bits per heavy atom. The van der Waals surface area contributed by atoms with Crippen molar-refractivity contribution in [2.75, 3.05) is 0 Å². The van der Waals surface area contributed by atoms with Crippen LogP contribution in [0.15, 0.2) is 55.1 Å². The smallest absolute Gasteiger partial charge is 0.320 e. The van der Waals surface area contributed by atoms with Gasteiger partial charge in [0, 0.05) is 19.4 Å². The molecule has 4 aromatic rings. The molecule has 0 fully saturated rings. The summed E-state index contributed by atoms with van der Waals surface area (Å²) in [6.07, 6.45) is 4.87. The number of hydrogen-bond acceptors (Lipinski definition) is 6. The molecule has 0 aliphatic heterocycles. The standard InChI is InChI=1S/C19H17N5O2/c1-12(13-6-4-3-5-7-13)26-19-22-16-14(18(25)23-19)8-9-20-17(16)15-10-24(2)11-21-15/h3-12H,1-2H3,(H,22,23,25)/t12-/m0/s1. The van der Waals surface area contributed by atoms with Crippen LogP contribution in [0.2, 0.25) is 0 Å². The fourth-order valence-electron chi connectivity index (χ4n) is 2.74. The summed E-state index contributed by atoms with van der Waals surface area (Å²) in [4.78, 5) is 17.3. The van der Waals surface area contributed by atoms with Crippen molar-refractivity contribution < 1.29 is 9.84 Å². The lowest BCUT2D eigenvalue weighted by molar-refractivity contribution is 0.206. The first-order valence-electron chi connectivity index (χ1n) is 8.17. The van der Waals surface area contributed by atoms with E-state index >= 15 is 0 Å². The molecule has 1 aromatic carbocycles. The first-order valence-corrected chi connectivity index (χ1v) is 8.17. The summed E-state index contributed by atoms with van der Waals surface area (Å²) in [6.45, 7) is 1.91. The Morgan fingerprint density at radius 1 is 1.08 bits per heavy atom. The summed E-state index contributed by atoms with van der Waals surface area (Å²) in [5, 5.41) is 10.8. The Kier molecular flexibility index (Phi) is 3.96. The summed E-state index contributed by atoms with van der Waals surface area (Å²) in [5.41, 5.74) is 2.72. The van der Waals surface area contributed by atoms with Crippen molar-refractivity contribution in [3.8, 4) is 23.3 Å². The van der Waals surface area contributed by atoms with Crippen LogP contribution in [0.1, 0.15) is 18.6 Å². The van der Waals surface area contributed by atoms with Crippen molar-refractivity contribution in [1.82, 2.24) is 24.5 Å². The molecule has 0 spiro atoms. The van der Waals surface area contributed by atoms with Gasteiger partial charge in [0.15, 0.2) is 0 Å². The van der Waals surface area contributed by atoms with Gasteiger partial charge in [0.1, 0.15) is 23.0 Å². The monoisotopic (exact) mass is 347 g/mol. The summed E-state index contributed by atoms with van der Waals surface area (Å²) in [6, 6.07) is 11.5. The number of hydrogen-bond donors (Lipinski definition) is 1. The van der Waals surface area contributed by atoms with Crippen LogP contribution in [-0.2, 0) is 7.05 Å². The lowest BCUT2D eigenvalue weighted by Gasteiger charge is -2.14. The lowest BCUT2D eigenvalue weighted by atomic mass is 10.1. The van der Waals surface area contributed by atoms with E-state index in [1.807, 2.05) is 55.1 Å². The molecule has 0 saturated carbocycles. The molecule has 7 heteroatoms. The topological polar surface area (TPSA) is 86.0 Å². The van der Waals surface area contributed by atoms with Gasteiger partial charge in [0.25, 0.3) is 0 Å². The van der Waals surface area contributed by atoms with Gasteiger partial charge in [0.2, 0.25) is 5.88 Å². The second kappa shape index (κ2) is 6.44. The molecular weight excluding hydrogens is 330 g/mol. The van der Waals surface area contributed by atoms with Crippen molar-refractivity contribution in [3.63, 3.8) is 0 Å². The molecule has 0 unspecified atom stereocenters. The number of rotatable bonds is 4. The lowest BCUT2D eigenvalue weighted by Crippen LogP contribution is -2.06. The van der Waals surface area contributed by atoms with E-state index in [-0.39, 0.29) is 18.0 Å². The zero-order chi connectivity index (χ0) is 18.1. The molecule has 0 aliphatic carbocycles. The number of nitrogens with zero attached hydrogens (tertiary/aromatic N) is 5. The maximum atomic E-state index is 10.3. The van der Waals surface area contributed by atoms with Gasteiger partial charge in [-0.15, -0.1) is 0 Å². The number of aryl methyl sites for hydroxylation is 1. The van der Waals surface area contributed by atoms with Crippen molar-refractivity contribution in [2.24, 2.45) is 7.05 Å². The molecular formula is C19H17N5O2. The van der Waals surface area contributed by atoms with Crippen molar-refractivity contribution in [1.29, 1.82) is 0 Å². The molecule has 3 heterocycles. The zero-order valence-corrected chi connectivity index (χ0v) is 14.4. The normalized spacial score (nSPS) is 12.2. The first kappa shape index (κ1) is 16.0. The third-order valence-electron chi connectivity index (χ3n) is 4.07. The highest BCUT2D eigenvalue weighted by Crippen LogP contribution is 2.31. The largest absolute Gasteiger partial charge is 0.493 e. The Bertz CT molecular complexity index is 1060.